The van der Waals surface area contributed by atoms with Gasteiger partial charge in [0.1, 0.15) is 5.82 Å². The average molecular weight is 229 g/mol. The molecule has 0 bridgehead atoms. The van der Waals surface area contributed by atoms with Gasteiger partial charge >= 0.3 is 0 Å². The SMILES string of the molecule is Cc1ccccc1C(N)Cc1ccccc1F. The normalized spacial score (nSPS) is 12.4. The average Bonchev–Trinajstić information content (AvgIpc) is 2.32. The van der Waals surface area contributed by atoms with Crippen molar-refractivity contribution in [1.29, 1.82) is 0 Å². The van der Waals surface area contributed by atoms with E-state index in [9.17, 15) is 4.39 Å². The number of aryl methyl sites for hydroxylation is 1. The number of hydrogen-bond acceptors (Lipinski definition) is 1. The van der Waals surface area contributed by atoms with E-state index < -0.39 is 0 Å². The van der Waals surface area contributed by atoms with Crippen LogP contribution in [-0.2, 0) is 6.42 Å². The van der Waals surface area contributed by atoms with Gasteiger partial charge in [-0.1, -0.05) is 42.5 Å². The summed E-state index contributed by atoms with van der Waals surface area (Å²) in [6, 6.07) is 14.6. The van der Waals surface area contributed by atoms with Crippen LogP contribution in [0.4, 0.5) is 4.39 Å². The maximum absolute atomic E-state index is 13.5. The molecule has 2 heteroatoms. The molecule has 2 rings (SSSR count). The molecule has 0 aliphatic heterocycles. The fourth-order valence-electron chi connectivity index (χ4n) is 2.01. The highest BCUT2D eigenvalue weighted by Gasteiger charge is 2.11. The van der Waals surface area contributed by atoms with Crippen LogP contribution in [-0.4, -0.2) is 0 Å². The second-order valence-corrected chi connectivity index (χ2v) is 4.26. The summed E-state index contributed by atoms with van der Waals surface area (Å²) in [5.74, 6) is -0.184. The monoisotopic (exact) mass is 229 g/mol. The lowest BCUT2D eigenvalue weighted by Crippen LogP contribution is -2.15. The van der Waals surface area contributed by atoms with E-state index in [0.717, 1.165) is 11.1 Å². The molecule has 0 heterocycles. The van der Waals surface area contributed by atoms with Crippen LogP contribution in [0.5, 0.6) is 0 Å². The second kappa shape index (κ2) is 5.11. The summed E-state index contributed by atoms with van der Waals surface area (Å²) in [4.78, 5) is 0. The molecule has 0 saturated heterocycles. The molecule has 17 heavy (non-hydrogen) atoms. The summed E-state index contributed by atoms with van der Waals surface area (Å²) in [5.41, 5.74) is 9.03. The molecule has 0 saturated carbocycles. The Kier molecular flexibility index (Phi) is 3.55. The summed E-state index contributed by atoms with van der Waals surface area (Å²) >= 11 is 0. The maximum Gasteiger partial charge on any atom is 0.126 e. The van der Waals surface area contributed by atoms with Crippen LogP contribution in [0.25, 0.3) is 0 Å². The topological polar surface area (TPSA) is 26.0 Å². The van der Waals surface area contributed by atoms with Gasteiger partial charge in [0.05, 0.1) is 0 Å². The molecule has 0 radical (unpaired) electrons. The van der Waals surface area contributed by atoms with Gasteiger partial charge in [-0.15, -0.1) is 0 Å². The van der Waals surface area contributed by atoms with Crippen LogP contribution >= 0.6 is 0 Å². The Bertz CT molecular complexity index is 508. The second-order valence-electron chi connectivity index (χ2n) is 4.26. The number of rotatable bonds is 3. The zero-order valence-electron chi connectivity index (χ0n) is 9.86. The lowest BCUT2D eigenvalue weighted by molar-refractivity contribution is 0.593. The van der Waals surface area contributed by atoms with Crippen molar-refractivity contribution in [2.24, 2.45) is 5.73 Å². The molecular weight excluding hydrogens is 213 g/mol. The summed E-state index contributed by atoms with van der Waals surface area (Å²) < 4.78 is 13.5. The summed E-state index contributed by atoms with van der Waals surface area (Å²) in [6.45, 7) is 2.02. The van der Waals surface area contributed by atoms with Gasteiger partial charge in [0.15, 0.2) is 0 Å². The Morgan fingerprint density at radius 2 is 1.71 bits per heavy atom. The first-order chi connectivity index (χ1) is 8.18. The van der Waals surface area contributed by atoms with Crippen molar-refractivity contribution < 1.29 is 4.39 Å². The van der Waals surface area contributed by atoms with Crippen LogP contribution in [0.2, 0.25) is 0 Å². The highest BCUT2D eigenvalue weighted by Crippen LogP contribution is 2.20. The van der Waals surface area contributed by atoms with E-state index in [1.807, 2.05) is 37.3 Å². The van der Waals surface area contributed by atoms with Crippen molar-refractivity contribution in [2.45, 2.75) is 19.4 Å². The standard InChI is InChI=1S/C15H16FN/c1-11-6-2-4-8-13(11)15(17)10-12-7-3-5-9-14(12)16/h2-9,15H,10,17H2,1H3. The van der Waals surface area contributed by atoms with Gasteiger partial charge in [-0.3, -0.25) is 0 Å². The van der Waals surface area contributed by atoms with Gasteiger partial charge < -0.3 is 5.73 Å². The van der Waals surface area contributed by atoms with E-state index in [2.05, 4.69) is 0 Å². The minimum atomic E-state index is -0.184. The van der Waals surface area contributed by atoms with Crippen molar-refractivity contribution in [3.63, 3.8) is 0 Å². The fourth-order valence-corrected chi connectivity index (χ4v) is 2.01. The van der Waals surface area contributed by atoms with Crippen LogP contribution in [0.1, 0.15) is 22.7 Å². The number of hydrogen-bond donors (Lipinski definition) is 1. The quantitative estimate of drug-likeness (QED) is 0.858. The molecule has 0 aliphatic carbocycles. The molecule has 2 aromatic carbocycles. The lowest BCUT2D eigenvalue weighted by atomic mass is 9.96. The third-order valence-corrected chi connectivity index (χ3v) is 2.99. The van der Waals surface area contributed by atoms with Gasteiger partial charge in [0.25, 0.3) is 0 Å². The van der Waals surface area contributed by atoms with E-state index in [1.54, 1.807) is 12.1 Å². The van der Waals surface area contributed by atoms with Crippen LogP contribution in [0.15, 0.2) is 48.5 Å². The molecule has 1 nitrogen and oxygen atoms in total. The summed E-state index contributed by atoms with van der Waals surface area (Å²) in [5, 5.41) is 0. The van der Waals surface area contributed by atoms with Gasteiger partial charge in [-0.05, 0) is 36.1 Å². The van der Waals surface area contributed by atoms with E-state index in [0.29, 0.717) is 12.0 Å². The summed E-state index contributed by atoms with van der Waals surface area (Å²) in [6.07, 6.45) is 0.525. The zero-order valence-corrected chi connectivity index (χ0v) is 9.86. The van der Waals surface area contributed by atoms with Crippen molar-refractivity contribution in [3.8, 4) is 0 Å². The first kappa shape index (κ1) is 11.8. The molecule has 0 spiro atoms. The Morgan fingerprint density at radius 3 is 2.41 bits per heavy atom. The number of benzene rings is 2. The molecule has 1 atom stereocenters. The van der Waals surface area contributed by atoms with Gasteiger partial charge in [-0.25, -0.2) is 4.39 Å². The smallest absolute Gasteiger partial charge is 0.126 e. The predicted molar refractivity (Wildman–Crippen MR) is 68.2 cm³/mol. The third kappa shape index (κ3) is 2.71. The van der Waals surface area contributed by atoms with E-state index in [-0.39, 0.29) is 11.9 Å². The third-order valence-electron chi connectivity index (χ3n) is 2.99. The van der Waals surface area contributed by atoms with Crippen LogP contribution < -0.4 is 5.73 Å². The van der Waals surface area contributed by atoms with Crippen LogP contribution in [0.3, 0.4) is 0 Å². The minimum absolute atomic E-state index is 0.159. The molecule has 2 N–H and O–H groups in total. The molecule has 0 aliphatic rings. The molecule has 1 unspecified atom stereocenters. The van der Waals surface area contributed by atoms with Crippen molar-refractivity contribution >= 4 is 0 Å². The predicted octanol–water partition coefficient (Wildman–Crippen LogP) is 3.38. The molecule has 88 valence electrons. The van der Waals surface area contributed by atoms with E-state index >= 15 is 0 Å². The first-order valence-corrected chi connectivity index (χ1v) is 5.73. The van der Waals surface area contributed by atoms with Crippen molar-refractivity contribution in [1.82, 2.24) is 0 Å². The summed E-state index contributed by atoms with van der Waals surface area (Å²) in [7, 11) is 0. The molecule has 2 aromatic rings. The Balaban J connectivity index is 2.20. The largest absolute Gasteiger partial charge is 0.324 e. The lowest BCUT2D eigenvalue weighted by Gasteiger charge is -2.15. The molecule has 0 fully saturated rings. The van der Waals surface area contributed by atoms with Crippen LogP contribution in [0, 0.1) is 12.7 Å². The zero-order chi connectivity index (χ0) is 12.3. The minimum Gasteiger partial charge on any atom is -0.324 e. The van der Waals surface area contributed by atoms with E-state index in [4.69, 9.17) is 5.73 Å². The van der Waals surface area contributed by atoms with Crippen molar-refractivity contribution in [3.05, 3.63) is 71.0 Å². The van der Waals surface area contributed by atoms with Gasteiger partial charge in [0.2, 0.25) is 0 Å². The van der Waals surface area contributed by atoms with E-state index in [1.165, 1.54) is 6.07 Å². The highest BCUT2D eigenvalue weighted by atomic mass is 19.1. The number of nitrogens with two attached hydrogens (primary N) is 1. The Hall–Kier alpha value is -1.67. The fraction of sp³-hybridized carbons (Fsp3) is 0.200. The Labute approximate surface area is 101 Å². The Morgan fingerprint density at radius 1 is 1.06 bits per heavy atom. The molecule has 0 aromatic heterocycles. The first-order valence-electron chi connectivity index (χ1n) is 5.73. The van der Waals surface area contributed by atoms with Gasteiger partial charge in [0, 0.05) is 6.04 Å². The van der Waals surface area contributed by atoms with Gasteiger partial charge in [-0.2, -0.15) is 0 Å². The maximum atomic E-state index is 13.5. The van der Waals surface area contributed by atoms with Crippen molar-refractivity contribution in [2.75, 3.05) is 0 Å². The number of halogens is 1. The molecular formula is C15H16FN. The highest BCUT2D eigenvalue weighted by molar-refractivity contribution is 5.30. The molecule has 0 amide bonds.